The van der Waals surface area contributed by atoms with Crippen LogP contribution >= 0.6 is 23.8 Å². The quantitative estimate of drug-likeness (QED) is 0.820. The van der Waals surface area contributed by atoms with Crippen LogP contribution in [-0.2, 0) is 0 Å². The van der Waals surface area contributed by atoms with Gasteiger partial charge >= 0.3 is 0 Å². The predicted molar refractivity (Wildman–Crippen MR) is 72.8 cm³/mol. The fourth-order valence-corrected chi connectivity index (χ4v) is 1.91. The molecule has 16 heavy (non-hydrogen) atoms. The monoisotopic (exact) mass is 247 g/mol. The van der Waals surface area contributed by atoms with E-state index in [2.05, 4.69) is 0 Å². The van der Waals surface area contributed by atoms with Crippen LogP contribution in [0.15, 0.2) is 48.5 Å². The van der Waals surface area contributed by atoms with Gasteiger partial charge in [-0.3, -0.25) is 0 Å². The van der Waals surface area contributed by atoms with Gasteiger partial charge in [-0.05, 0) is 17.7 Å². The van der Waals surface area contributed by atoms with Crippen LogP contribution in [0.5, 0.6) is 0 Å². The first-order valence-electron chi connectivity index (χ1n) is 4.83. The highest BCUT2D eigenvalue weighted by Crippen LogP contribution is 2.27. The topological polar surface area (TPSA) is 26.0 Å². The Morgan fingerprint density at radius 3 is 2.50 bits per heavy atom. The van der Waals surface area contributed by atoms with E-state index in [1.807, 2.05) is 48.5 Å². The first-order chi connectivity index (χ1) is 7.68. The summed E-state index contributed by atoms with van der Waals surface area (Å²) in [4.78, 5) is 0.397. The van der Waals surface area contributed by atoms with Gasteiger partial charge in [0.05, 0.1) is 0 Å². The molecule has 3 heteroatoms. The molecule has 0 aliphatic carbocycles. The average molecular weight is 248 g/mol. The molecule has 0 radical (unpaired) electrons. The van der Waals surface area contributed by atoms with Gasteiger partial charge in [0.15, 0.2) is 0 Å². The summed E-state index contributed by atoms with van der Waals surface area (Å²) < 4.78 is 0. The fraction of sp³-hybridized carbons (Fsp3) is 0. The lowest BCUT2D eigenvalue weighted by molar-refractivity contribution is 1.58. The van der Waals surface area contributed by atoms with Crippen molar-refractivity contribution in [2.75, 3.05) is 0 Å². The number of nitrogens with two attached hydrogens (primary N) is 1. The van der Waals surface area contributed by atoms with E-state index < -0.39 is 0 Å². The van der Waals surface area contributed by atoms with Gasteiger partial charge in [-0.25, -0.2) is 0 Å². The zero-order valence-corrected chi connectivity index (χ0v) is 10.1. The molecule has 2 aromatic carbocycles. The molecule has 0 atom stereocenters. The zero-order valence-electron chi connectivity index (χ0n) is 8.48. The van der Waals surface area contributed by atoms with Gasteiger partial charge in [0.2, 0.25) is 0 Å². The number of rotatable bonds is 2. The Balaban J connectivity index is 2.53. The summed E-state index contributed by atoms with van der Waals surface area (Å²) in [6, 6.07) is 15.5. The second kappa shape index (κ2) is 4.64. The SMILES string of the molecule is NC(=S)c1cccc(-c2ccccc2Cl)c1. The minimum Gasteiger partial charge on any atom is -0.389 e. The molecule has 1 nitrogen and oxygen atoms in total. The normalized spacial score (nSPS) is 10.1. The van der Waals surface area contributed by atoms with Gasteiger partial charge in [-0.2, -0.15) is 0 Å². The largest absolute Gasteiger partial charge is 0.389 e. The summed E-state index contributed by atoms with van der Waals surface area (Å²) in [5.41, 5.74) is 8.46. The molecule has 0 unspecified atom stereocenters. The minimum absolute atomic E-state index is 0.397. The van der Waals surface area contributed by atoms with Gasteiger partial charge < -0.3 is 5.73 Å². The van der Waals surface area contributed by atoms with Crippen molar-refractivity contribution >= 4 is 28.8 Å². The van der Waals surface area contributed by atoms with Crippen LogP contribution in [-0.4, -0.2) is 4.99 Å². The Morgan fingerprint density at radius 1 is 1.06 bits per heavy atom. The van der Waals surface area contributed by atoms with Crippen molar-refractivity contribution in [2.24, 2.45) is 5.73 Å². The number of thiocarbonyl (C=S) groups is 1. The molecule has 0 aliphatic rings. The van der Waals surface area contributed by atoms with Crippen molar-refractivity contribution in [1.82, 2.24) is 0 Å². The molecule has 0 aromatic heterocycles. The summed E-state index contributed by atoms with van der Waals surface area (Å²) in [7, 11) is 0. The molecule has 2 N–H and O–H groups in total. The van der Waals surface area contributed by atoms with Gasteiger partial charge in [0.1, 0.15) is 4.99 Å². The van der Waals surface area contributed by atoms with E-state index in [1.165, 1.54) is 0 Å². The van der Waals surface area contributed by atoms with E-state index in [1.54, 1.807) is 0 Å². The molecule has 0 spiro atoms. The van der Waals surface area contributed by atoms with Crippen LogP contribution in [0.2, 0.25) is 5.02 Å². The first kappa shape index (κ1) is 11.1. The van der Waals surface area contributed by atoms with Crippen molar-refractivity contribution in [3.63, 3.8) is 0 Å². The van der Waals surface area contributed by atoms with Gasteiger partial charge in [-0.15, -0.1) is 0 Å². The van der Waals surface area contributed by atoms with E-state index in [4.69, 9.17) is 29.6 Å². The highest BCUT2D eigenvalue weighted by atomic mass is 35.5. The summed E-state index contributed by atoms with van der Waals surface area (Å²) in [5.74, 6) is 0. The number of hydrogen-bond donors (Lipinski definition) is 1. The van der Waals surface area contributed by atoms with Crippen LogP contribution < -0.4 is 5.73 Å². The molecule has 0 amide bonds. The lowest BCUT2D eigenvalue weighted by atomic mass is 10.0. The third-order valence-electron chi connectivity index (χ3n) is 2.33. The van der Waals surface area contributed by atoms with Gasteiger partial charge in [0, 0.05) is 16.1 Å². The smallest absolute Gasteiger partial charge is 0.104 e. The Kier molecular flexibility index (Phi) is 3.22. The maximum Gasteiger partial charge on any atom is 0.104 e. The number of halogens is 1. The van der Waals surface area contributed by atoms with Crippen LogP contribution in [0, 0.1) is 0 Å². The molecule has 0 heterocycles. The summed E-state index contributed by atoms with van der Waals surface area (Å²) in [5, 5.41) is 0.725. The lowest BCUT2D eigenvalue weighted by Gasteiger charge is -2.06. The molecule has 2 rings (SSSR count). The van der Waals surface area contributed by atoms with E-state index in [0.29, 0.717) is 4.99 Å². The Hall–Kier alpha value is -1.38. The Labute approximate surface area is 105 Å². The second-order valence-electron chi connectivity index (χ2n) is 3.42. The summed E-state index contributed by atoms with van der Waals surface area (Å²) in [6.07, 6.45) is 0. The molecular formula is C13H10ClNS. The van der Waals surface area contributed by atoms with Crippen LogP contribution in [0.3, 0.4) is 0 Å². The van der Waals surface area contributed by atoms with Crippen LogP contribution in [0.1, 0.15) is 5.56 Å². The molecule has 0 fully saturated rings. The molecule has 0 saturated heterocycles. The van der Waals surface area contributed by atoms with Gasteiger partial charge in [0.25, 0.3) is 0 Å². The molecule has 0 aliphatic heterocycles. The fourth-order valence-electron chi connectivity index (χ4n) is 1.54. The second-order valence-corrected chi connectivity index (χ2v) is 4.27. The van der Waals surface area contributed by atoms with Crippen LogP contribution in [0.4, 0.5) is 0 Å². The Bertz CT molecular complexity index is 537. The van der Waals surface area contributed by atoms with Crippen molar-refractivity contribution < 1.29 is 0 Å². The van der Waals surface area contributed by atoms with E-state index >= 15 is 0 Å². The van der Waals surface area contributed by atoms with Crippen molar-refractivity contribution in [3.05, 3.63) is 59.1 Å². The number of hydrogen-bond acceptors (Lipinski definition) is 1. The molecule has 0 bridgehead atoms. The standard InChI is InChI=1S/C13H10ClNS/c14-12-7-2-1-6-11(12)9-4-3-5-10(8-9)13(15)16/h1-8H,(H2,15,16). The maximum absolute atomic E-state index is 6.13. The maximum atomic E-state index is 6.13. The molecule has 0 saturated carbocycles. The molecule has 2 aromatic rings. The molecule has 80 valence electrons. The first-order valence-corrected chi connectivity index (χ1v) is 5.62. The van der Waals surface area contributed by atoms with E-state index in [-0.39, 0.29) is 0 Å². The minimum atomic E-state index is 0.397. The number of benzene rings is 2. The van der Waals surface area contributed by atoms with Crippen molar-refractivity contribution in [1.29, 1.82) is 0 Å². The highest BCUT2D eigenvalue weighted by Gasteiger charge is 2.04. The molecular weight excluding hydrogens is 238 g/mol. The predicted octanol–water partition coefficient (Wildman–Crippen LogP) is 3.64. The Morgan fingerprint density at radius 2 is 1.81 bits per heavy atom. The van der Waals surface area contributed by atoms with Crippen LogP contribution in [0.25, 0.3) is 11.1 Å². The zero-order chi connectivity index (χ0) is 11.5. The van der Waals surface area contributed by atoms with Gasteiger partial charge in [-0.1, -0.05) is 60.2 Å². The van der Waals surface area contributed by atoms with Crippen molar-refractivity contribution in [2.45, 2.75) is 0 Å². The summed E-state index contributed by atoms with van der Waals surface area (Å²) in [6.45, 7) is 0. The lowest BCUT2D eigenvalue weighted by Crippen LogP contribution is -2.08. The third-order valence-corrected chi connectivity index (χ3v) is 2.90. The van der Waals surface area contributed by atoms with E-state index in [9.17, 15) is 0 Å². The summed E-state index contributed by atoms with van der Waals surface area (Å²) >= 11 is 11.1. The van der Waals surface area contributed by atoms with Crippen molar-refractivity contribution in [3.8, 4) is 11.1 Å². The van der Waals surface area contributed by atoms with E-state index in [0.717, 1.165) is 21.7 Å². The third kappa shape index (κ3) is 2.23. The highest BCUT2D eigenvalue weighted by molar-refractivity contribution is 7.80. The average Bonchev–Trinajstić information content (AvgIpc) is 2.30.